The molecule has 0 aromatic carbocycles. The Kier molecular flexibility index (Phi) is 2.15. The van der Waals surface area contributed by atoms with Crippen molar-refractivity contribution >= 4 is 6.29 Å². The van der Waals surface area contributed by atoms with Gasteiger partial charge in [0.15, 0.2) is 12.1 Å². The molecule has 0 saturated heterocycles. The molecule has 58 valence electrons. The van der Waals surface area contributed by atoms with Gasteiger partial charge in [-0.05, 0) is 6.07 Å². The zero-order chi connectivity index (χ0) is 8.27. The van der Waals surface area contributed by atoms with Gasteiger partial charge in [-0.1, -0.05) is 0 Å². The van der Waals surface area contributed by atoms with Gasteiger partial charge in [-0.15, -0.1) is 0 Å². The van der Waals surface area contributed by atoms with Crippen molar-refractivity contribution in [2.24, 2.45) is 0 Å². The van der Waals surface area contributed by atoms with E-state index in [-0.39, 0.29) is 11.4 Å². The molecule has 0 aliphatic carbocycles. The van der Waals surface area contributed by atoms with Crippen LogP contribution >= 0.6 is 0 Å². The van der Waals surface area contributed by atoms with Crippen molar-refractivity contribution in [2.75, 3.05) is 7.11 Å². The van der Waals surface area contributed by atoms with Crippen LogP contribution in [0.1, 0.15) is 10.4 Å². The molecule has 3 nitrogen and oxygen atoms in total. The smallest absolute Gasteiger partial charge is 0.250 e. The molecular formula is C7H6FNO2. The molecule has 1 aromatic heterocycles. The molecule has 1 heterocycles. The number of aromatic nitrogens is 1. The zero-order valence-corrected chi connectivity index (χ0v) is 5.87. The number of carbonyl (C=O) groups is 1. The van der Waals surface area contributed by atoms with E-state index in [0.29, 0.717) is 6.29 Å². The third-order valence-electron chi connectivity index (χ3n) is 1.21. The number of pyridine rings is 1. The Morgan fingerprint density at radius 2 is 2.45 bits per heavy atom. The lowest BCUT2D eigenvalue weighted by Gasteiger charge is -1.99. The van der Waals surface area contributed by atoms with Crippen molar-refractivity contribution in [2.45, 2.75) is 0 Å². The Hall–Kier alpha value is -1.45. The second kappa shape index (κ2) is 3.09. The molecule has 11 heavy (non-hydrogen) atoms. The normalized spacial score (nSPS) is 9.27. The van der Waals surface area contributed by atoms with Crippen molar-refractivity contribution in [3.05, 3.63) is 23.6 Å². The van der Waals surface area contributed by atoms with Crippen molar-refractivity contribution in [3.8, 4) is 5.88 Å². The summed E-state index contributed by atoms with van der Waals surface area (Å²) >= 11 is 0. The van der Waals surface area contributed by atoms with Gasteiger partial charge in [-0.25, -0.2) is 9.37 Å². The molecule has 0 unspecified atom stereocenters. The summed E-state index contributed by atoms with van der Waals surface area (Å²) < 4.78 is 17.4. The Labute approximate surface area is 62.8 Å². The van der Waals surface area contributed by atoms with Crippen LogP contribution in [0.5, 0.6) is 5.88 Å². The monoisotopic (exact) mass is 155 g/mol. The van der Waals surface area contributed by atoms with E-state index in [9.17, 15) is 9.18 Å². The number of ether oxygens (including phenoxy) is 1. The summed E-state index contributed by atoms with van der Waals surface area (Å²) in [7, 11) is 1.29. The minimum Gasteiger partial charge on any atom is -0.479 e. The molecule has 0 bridgehead atoms. The van der Waals surface area contributed by atoms with Gasteiger partial charge in [0.2, 0.25) is 0 Å². The van der Waals surface area contributed by atoms with Crippen LogP contribution in [0.3, 0.4) is 0 Å². The van der Waals surface area contributed by atoms with E-state index < -0.39 is 5.82 Å². The minimum atomic E-state index is -0.718. The molecule has 0 N–H and O–H groups in total. The van der Waals surface area contributed by atoms with Crippen molar-refractivity contribution in [1.29, 1.82) is 0 Å². The first-order valence-electron chi connectivity index (χ1n) is 2.93. The molecule has 0 atom stereocenters. The molecule has 0 radical (unpaired) electrons. The first-order valence-corrected chi connectivity index (χ1v) is 2.93. The molecule has 1 aromatic rings. The fourth-order valence-electron chi connectivity index (χ4n) is 0.672. The van der Waals surface area contributed by atoms with Crippen molar-refractivity contribution in [3.63, 3.8) is 0 Å². The highest BCUT2D eigenvalue weighted by molar-refractivity contribution is 5.75. The molecule has 0 saturated carbocycles. The quantitative estimate of drug-likeness (QED) is 0.599. The topological polar surface area (TPSA) is 39.2 Å². The Morgan fingerprint density at radius 3 is 3.00 bits per heavy atom. The van der Waals surface area contributed by atoms with Crippen molar-refractivity contribution in [1.82, 2.24) is 4.98 Å². The summed E-state index contributed by atoms with van der Waals surface area (Å²) in [4.78, 5) is 13.7. The molecular weight excluding hydrogens is 149 g/mol. The van der Waals surface area contributed by atoms with Gasteiger partial charge in [-0.2, -0.15) is 0 Å². The number of carbonyl (C=O) groups excluding carboxylic acids is 1. The summed E-state index contributed by atoms with van der Waals surface area (Å²) in [5, 5.41) is 0. The first kappa shape index (κ1) is 7.65. The maximum absolute atomic E-state index is 12.9. The van der Waals surface area contributed by atoms with E-state index in [1.165, 1.54) is 19.4 Å². The number of nitrogens with zero attached hydrogens (tertiary/aromatic N) is 1. The van der Waals surface area contributed by atoms with Crippen LogP contribution in [0.4, 0.5) is 4.39 Å². The van der Waals surface area contributed by atoms with Gasteiger partial charge in [0.05, 0.1) is 12.7 Å². The van der Waals surface area contributed by atoms with Crippen LogP contribution in [0, 0.1) is 5.82 Å². The standard InChI is InChI=1S/C7H6FNO2/c1-11-7-6(8)5(4-10)2-3-9-7/h2-4H,1H3. The molecule has 0 aliphatic rings. The fraction of sp³-hybridized carbons (Fsp3) is 0.143. The lowest BCUT2D eigenvalue weighted by Crippen LogP contribution is -1.95. The predicted molar refractivity (Wildman–Crippen MR) is 36.1 cm³/mol. The Balaban J connectivity index is 3.20. The summed E-state index contributed by atoms with van der Waals surface area (Å²) in [6.45, 7) is 0. The fourth-order valence-corrected chi connectivity index (χ4v) is 0.672. The number of hydrogen-bond donors (Lipinski definition) is 0. The summed E-state index contributed by atoms with van der Waals surface area (Å²) in [5.74, 6) is -0.875. The van der Waals surface area contributed by atoms with E-state index in [4.69, 9.17) is 0 Å². The highest BCUT2D eigenvalue weighted by Crippen LogP contribution is 2.14. The Bertz CT molecular complexity index is 275. The number of halogens is 1. The molecule has 4 heteroatoms. The second-order valence-electron chi connectivity index (χ2n) is 1.84. The van der Waals surface area contributed by atoms with Gasteiger partial charge in [0.1, 0.15) is 0 Å². The van der Waals surface area contributed by atoms with E-state index >= 15 is 0 Å². The number of aldehydes is 1. The van der Waals surface area contributed by atoms with Gasteiger partial charge in [0, 0.05) is 6.20 Å². The average Bonchev–Trinajstić information content (AvgIpc) is 2.05. The van der Waals surface area contributed by atoms with E-state index in [1.54, 1.807) is 0 Å². The van der Waals surface area contributed by atoms with E-state index in [2.05, 4.69) is 9.72 Å². The maximum atomic E-state index is 12.9. The highest BCUT2D eigenvalue weighted by Gasteiger charge is 2.07. The summed E-state index contributed by atoms with van der Waals surface area (Å²) in [6, 6.07) is 1.28. The molecule has 0 spiro atoms. The second-order valence-corrected chi connectivity index (χ2v) is 1.84. The van der Waals surface area contributed by atoms with Crippen LogP contribution in [0.25, 0.3) is 0 Å². The minimum absolute atomic E-state index is 0.0446. The predicted octanol–water partition coefficient (Wildman–Crippen LogP) is 1.04. The number of hydrogen-bond acceptors (Lipinski definition) is 3. The van der Waals surface area contributed by atoms with E-state index in [0.717, 1.165) is 0 Å². The lowest BCUT2D eigenvalue weighted by molar-refractivity contribution is 0.111. The Morgan fingerprint density at radius 1 is 1.73 bits per heavy atom. The SMILES string of the molecule is COc1nccc(C=O)c1F. The van der Waals surface area contributed by atoms with Crippen LogP contribution < -0.4 is 4.74 Å². The van der Waals surface area contributed by atoms with Crippen LogP contribution in [0.15, 0.2) is 12.3 Å². The zero-order valence-electron chi connectivity index (χ0n) is 5.87. The van der Waals surface area contributed by atoms with Crippen molar-refractivity contribution < 1.29 is 13.9 Å². The van der Waals surface area contributed by atoms with Gasteiger partial charge < -0.3 is 4.74 Å². The third-order valence-corrected chi connectivity index (χ3v) is 1.21. The van der Waals surface area contributed by atoms with Crippen LogP contribution in [-0.2, 0) is 0 Å². The molecule has 1 rings (SSSR count). The van der Waals surface area contributed by atoms with Crippen LogP contribution in [-0.4, -0.2) is 18.4 Å². The third kappa shape index (κ3) is 1.34. The first-order chi connectivity index (χ1) is 5.29. The summed E-state index contributed by atoms with van der Waals surface area (Å²) in [6.07, 6.45) is 1.73. The molecule has 0 fully saturated rings. The average molecular weight is 155 g/mol. The van der Waals surface area contributed by atoms with Crippen LogP contribution in [0.2, 0.25) is 0 Å². The number of methoxy groups -OCH3 is 1. The summed E-state index contributed by atoms with van der Waals surface area (Å²) in [5.41, 5.74) is -0.0446. The maximum Gasteiger partial charge on any atom is 0.250 e. The lowest BCUT2D eigenvalue weighted by atomic mass is 10.3. The largest absolute Gasteiger partial charge is 0.479 e. The van der Waals surface area contributed by atoms with Gasteiger partial charge in [-0.3, -0.25) is 4.79 Å². The van der Waals surface area contributed by atoms with Gasteiger partial charge in [0.25, 0.3) is 5.88 Å². The van der Waals surface area contributed by atoms with E-state index in [1.807, 2.05) is 0 Å². The van der Waals surface area contributed by atoms with Gasteiger partial charge >= 0.3 is 0 Å². The molecule has 0 amide bonds. The highest BCUT2D eigenvalue weighted by atomic mass is 19.1. The number of rotatable bonds is 2. The molecule has 0 aliphatic heterocycles.